The molecular weight excluding hydrogens is 278 g/mol. The smallest absolute Gasteiger partial charge is 0.254 e. The molecule has 120 valence electrons. The highest BCUT2D eigenvalue weighted by molar-refractivity contribution is 5.78. The van der Waals surface area contributed by atoms with E-state index in [1.165, 1.54) is 32.1 Å². The first kappa shape index (κ1) is 15.3. The van der Waals surface area contributed by atoms with Crippen LogP contribution in [-0.4, -0.2) is 22.4 Å². The van der Waals surface area contributed by atoms with E-state index in [2.05, 4.69) is 15.3 Å². The second kappa shape index (κ2) is 6.23. The van der Waals surface area contributed by atoms with Crippen molar-refractivity contribution in [2.75, 3.05) is 6.54 Å². The van der Waals surface area contributed by atoms with Gasteiger partial charge < -0.3 is 10.3 Å². The zero-order valence-corrected chi connectivity index (χ0v) is 13.4. The second-order valence-corrected chi connectivity index (χ2v) is 6.89. The van der Waals surface area contributed by atoms with Gasteiger partial charge in [-0.2, -0.15) is 0 Å². The Bertz CT molecular complexity index is 623. The molecule has 3 atom stereocenters. The number of aryl methyl sites for hydroxylation is 2. The van der Waals surface area contributed by atoms with Crippen molar-refractivity contribution in [3.8, 4) is 0 Å². The summed E-state index contributed by atoms with van der Waals surface area (Å²) in [7, 11) is 0. The molecule has 0 aromatic carbocycles. The van der Waals surface area contributed by atoms with Crippen molar-refractivity contribution in [2.24, 2.45) is 17.8 Å². The molecule has 2 saturated carbocycles. The molecule has 5 heteroatoms. The zero-order valence-electron chi connectivity index (χ0n) is 13.4. The first-order valence-electron chi connectivity index (χ1n) is 8.37. The largest absolute Gasteiger partial charge is 0.356 e. The van der Waals surface area contributed by atoms with Gasteiger partial charge >= 0.3 is 0 Å². The molecule has 22 heavy (non-hydrogen) atoms. The number of aromatic nitrogens is 2. The fraction of sp³-hybridized carbons (Fsp3) is 0.706. The number of H-pyrrole nitrogens is 1. The van der Waals surface area contributed by atoms with Crippen molar-refractivity contribution >= 4 is 5.91 Å². The van der Waals surface area contributed by atoms with Crippen LogP contribution < -0.4 is 10.9 Å². The normalized spacial score (nSPS) is 26.9. The summed E-state index contributed by atoms with van der Waals surface area (Å²) in [4.78, 5) is 31.0. The van der Waals surface area contributed by atoms with Gasteiger partial charge in [0.2, 0.25) is 5.91 Å². The van der Waals surface area contributed by atoms with Crippen LogP contribution >= 0.6 is 0 Å². The molecule has 0 bridgehead atoms. The fourth-order valence-electron chi connectivity index (χ4n) is 4.37. The van der Waals surface area contributed by atoms with Gasteiger partial charge in [0.15, 0.2) is 0 Å². The Morgan fingerprint density at radius 3 is 2.86 bits per heavy atom. The third-order valence-corrected chi connectivity index (χ3v) is 5.47. The van der Waals surface area contributed by atoms with Gasteiger partial charge in [-0.25, -0.2) is 4.98 Å². The molecule has 3 rings (SSSR count). The van der Waals surface area contributed by atoms with Gasteiger partial charge in [0.25, 0.3) is 5.56 Å². The van der Waals surface area contributed by atoms with Gasteiger partial charge in [-0.05, 0) is 50.9 Å². The molecule has 2 aliphatic carbocycles. The number of nitrogens with one attached hydrogen (secondary N) is 2. The summed E-state index contributed by atoms with van der Waals surface area (Å²) in [6.07, 6.45) is 6.73. The number of amides is 1. The van der Waals surface area contributed by atoms with Gasteiger partial charge in [-0.1, -0.05) is 12.8 Å². The lowest BCUT2D eigenvalue weighted by atomic mass is 9.92. The summed E-state index contributed by atoms with van der Waals surface area (Å²) in [5, 5.41) is 3.04. The van der Waals surface area contributed by atoms with Crippen molar-refractivity contribution < 1.29 is 4.79 Å². The summed E-state index contributed by atoms with van der Waals surface area (Å²) >= 11 is 0. The van der Waals surface area contributed by atoms with Crippen LogP contribution in [0.1, 0.15) is 49.2 Å². The molecule has 5 nitrogen and oxygen atoms in total. The summed E-state index contributed by atoms with van der Waals surface area (Å²) in [6, 6.07) is 0. The SMILES string of the molecule is Cc1nc(C)c(CC(=O)NC[C@H]2CC[C@@H]3CCC[C@@H]32)c(=O)[nH]1. The molecule has 1 aromatic heterocycles. The average molecular weight is 303 g/mol. The van der Waals surface area contributed by atoms with Crippen molar-refractivity contribution in [2.45, 2.75) is 52.4 Å². The van der Waals surface area contributed by atoms with E-state index in [4.69, 9.17) is 0 Å². The lowest BCUT2D eigenvalue weighted by Gasteiger charge is -2.19. The van der Waals surface area contributed by atoms with Crippen molar-refractivity contribution in [3.63, 3.8) is 0 Å². The zero-order chi connectivity index (χ0) is 15.7. The van der Waals surface area contributed by atoms with E-state index in [-0.39, 0.29) is 17.9 Å². The van der Waals surface area contributed by atoms with Gasteiger partial charge in [0.1, 0.15) is 5.82 Å². The van der Waals surface area contributed by atoms with E-state index in [0.29, 0.717) is 23.0 Å². The lowest BCUT2D eigenvalue weighted by molar-refractivity contribution is -0.120. The van der Waals surface area contributed by atoms with E-state index in [1.54, 1.807) is 13.8 Å². The van der Waals surface area contributed by atoms with Crippen molar-refractivity contribution in [1.29, 1.82) is 0 Å². The van der Waals surface area contributed by atoms with Crippen LogP contribution in [0.5, 0.6) is 0 Å². The molecule has 2 N–H and O–H groups in total. The number of aromatic amines is 1. The van der Waals surface area contributed by atoms with Crippen LogP contribution in [-0.2, 0) is 11.2 Å². The second-order valence-electron chi connectivity index (χ2n) is 6.89. The monoisotopic (exact) mass is 303 g/mol. The standard InChI is InChI=1S/C17H25N3O2/c1-10-15(17(22)20-11(2)19-10)8-16(21)18-9-13-7-6-12-4-3-5-14(12)13/h12-14H,3-9H2,1-2H3,(H,18,21)(H,19,20,22)/t12-,13+,14-/m0/s1. The maximum absolute atomic E-state index is 12.2. The minimum atomic E-state index is -0.197. The Morgan fingerprint density at radius 2 is 2.09 bits per heavy atom. The van der Waals surface area contributed by atoms with Gasteiger partial charge in [-0.3, -0.25) is 9.59 Å². The number of carbonyl (C=O) groups is 1. The third kappa shape index (κ3) is 3.08. The predicted molar refractivity (Wildman–Crippen MR) is 84.6 cm³/mol. The van der Waals surface area contributed by atoms with Gasteiger partial charge in [0, 0.05) is 17.8 Å². The molecule has 0 aliphatic heterocycles. The molecule has 2 fully saturated rings. The Kier molecular flexibility index (Phi) is 4.32. The van der Waals surface area contributed by atoms with Crippen LogP contribution in [0.2, 0.25) is 0 Å². The highest BCUT2D eigenvalue weighted by Crippen LogP contribution is 2.47. The minimum absolute atomic E-state index is 0.0688. The van der Waals surface area contributed by atoms with E-state index < -0.39 is 0 Å². The lowest BCUT2D eigenvalue weighted by Crippen LogP contribution is -2.34. The molecule has 1 aromatic rings. The third-order valence-electron chi connectivity index (χ3n) is 5.47. The highest BCUT2D eigenvalue weighted by atomic mass is 16.2. The fourth-order valence-corrected chi connectivity index (χ4v) is 4.37. The first-order valence-corrected chi connectivity index (χ1v) is 8.37. The molecule has 2 aliphatic rings. The predicted octanol–water partition coefficient (Wildman–Crippen LogP) is 1.87. The number of rotatable bonds is 4. The van der Waals surface area contributed by atoms with E-state index in [0.717, 1.165) is 18.4 Å². The van der Waals surface area contributed by atoms with Crippen LogP contribution in [0.15, 0.2) is 4.79 Å². The summed E-state index contributed by atoms with van der Waals surface area (Å²) < 4.78 is 0. The summed E-state index contributed by atoms with van der Waals surface area (Å²) in [6.45, 7) is 4.29. The Balaban J connectivity index is 1.56. The maximum Gasteiger partial charge on any atom is 0.254 e. The minimum Gasteiger partial charge on any atom is -0.356 e. The van der Waals surface area contributed by atoms with Gasteiger partial charge in [-0.15, -0.1) is 0 Å². The van der Waals surface area contributed by atoms with Crippen LogP contribution in [0.25, 0.3) is 0 Å². The van der Waals surface area contributed by atoms with Crippen LogP contribution in [0, 0.1) is 31.6 Å². The van der Waals surface area contributed by atoms with Crippen LogP contribution in [0.3, 0.4) is 0 Å². The number of hydrogen-bond acceptors (Lipinski definition) is 3. The van der Waals surface area contributed by atoms with E-state index in [9.17, 15) is 9.59 Å². The van der Waals surface area contributed by atoms with Crippen molar-refractivity contribution in [3.05, 3.63) is 27.4 Å². The molecule has 0 unspecified atom stereocenters. The molecule has 0 radical (unpaired) electrons. The maximum atomic E-state index is 12.2. The Morgan fingerprint density at radius 1 is 1.27 bits per heavy atom. The summed E-state index contributed by atoms with van der Waals surface area (Å²) in [5.41, 5.74) is 0.929. The molecule has 1 heterocycles. The number of fused-ring (bicyclic) bond motifs is 1. The molecule has 0 spiro atoms. The summed E-state index contributed by atoms with van der Waals surface area (Å²) in [5.74, 6) is 2.86. The number of carbonyl (C=O) groups excluding carboxylic acids is 1. The number of hydrogen-bond donors (Lipinski definition) is 2. The molecule has 1 amide bonds. The quantitative estimate of drug-likeness (QED) is 0.891. The van der Waals surface area contributed by atoms with Crippen molar-refractivity contribution in [1.82, 2.24) is 15.3 Å². The van der Waals surface area contributed by atoms with Crippen LogP contribution in [0.4, 0.5) is 0 Å². The Hall–Kier alpha value is -1.65. The van der Waals surface area contributed by atoms with Gasteiger partial charge in [0.05, 0.1) is 6.42 Å². The molecule has 0 saturated heterocycles. The van der Waals surface area contributed by atoms with E-state index >= 15 is 0 Å². The molecular formula is C17H25N3O2. The Labute approximate surface area is 130 Å². The first-order chi connectivity index (χ1) is 10.5. The number of nitrogens with zero attached hydrogens (tertiary/aromatic N) is 1. The average Bonchev–Trinajstić information content (AvgIpc) is 3.04. The highest BCUT2D eigenvalue weighted by Gasteiger charge is 2.38. The topological polar surface area (TPSA) is 74.8 Å². The van der Waals surface area contributed by atoms with E-state index in [1.807, 2.05) is 0 Å².